The molecule has 0 amide bonds. The highest BCUT2D eigenvalue weighted by Crippen LogP contribution is 2.39. The highest BCUT2D eigenvalue weighted by molar-refractivity contribution is 5.84. The number of aromatic nitrogens is 2. The first-order valence-electron chi connectivity index (χ1n) is 12.5. The monoisotopic (exact) mass is 418 g/mol. The molecule has 1 radical (unpaired) electrons. The van der Waals surface area contributed by atoms with Crippen molar-refractivity contribution in [2.45, 2.75) is 90.0 Å². The smallest absolute Gasteiger partial charge is 0.144 e. The zero-order valence-electron chi connectivity index (χ0n) is 19.0. The summed E-state index contributed by atoms with van der Waals surface area (Å²) in [5, 5.41) is 0. The van der Waals surface area contributed by atoms with Crippen molar-refractivity contribution in [1.82, 2.24) is 9.55 Å². The van der Waals surface area contributed by atoms with Crippen LogP contribution in [0.15, 0.2) is 41.2 Å². The molecule has 2 aliphatic carbocycles. The van der Waals surface area contributed by atoms with Crippen molar-refractivity contribution in [2.75, 3.05) is 11.4 Å². The highest BCUT2D eigenvalue weighted by atomic mass is 16.3. The molecule has 0 unspecified atom stereocenters. The third-order valence-corrected chi connectivity index (χ3v) is 7.25. The average Bonchev–Trinajstić information content (AvgIpc) is 3.57. The highest BCUT2D eigenvalue weighted by Gasteiger charge is 2.26. The second-order valence-electron chi connectivity index (χ2n) is 9.41. The van der Waals surface area contributed by atoms with Gasteiger partial charge in [-0.15, -0.1) is 0 Å². The van der Waals surface area contributed by atoms with Gasteiger partial charge < -0.3 is 13.9 Å². The van der Waals surface area contributed by atoms with E-state index in [1.807, 2.05) is 12.3 Å². The Bertz CT molecular complexity index is 962. The summed E-state index contributed by atoms with van der Waals surface area (Å²) in [5.41, 5.74) is 4.82. The number of hydrogen-bond donors (Lipinski definition) is 0. The molecule has 4 nitrogen and oxygen atoms in total. The van der Waals surface area contributed by atoms with Gasteiger partial charge in [0.05, 0.1) is 28.9 Å². The van der Waals surface area contributed by atoms with Crippen LogP contribution in [-0.2, 0) is 0 Å². The van der Waals surface area contributed by atoms with E-state index in [0.717, 1.165) is 23.4 Å². The maximum Gasteiger partial charge on any atom is 0.144 e. The zero-order chi connectivity index (χ0) is 21.0. The number of anilines is 1. The Morgan fingerprint density at radius 1 is 1.03 bits per heavy atom. The molecule has 165 valence electrons. The van der Waals surface area contributed by atoms with Crippen LogP contribution >= 0.6 is 0 Å². The fourth-order valence-corrected chi connectivity index (χ4v) is 5.60. The quantitative estimate of drug-likeness (QED) is 0.349. The lowest BCUT2D eigenvalue weighted by atomic mass is 9.95. The summed E-state index contributed by atoms with van der Waals surface area (Å²) in [5.74, 6) is 1.07. The van der Waals surface area contributed by atoms with Gasteiger partial charge in [-0.1, -0.05) is 51.9 Å². The summed E-state index contributed by atoms with van der Waals surface area (Å²) < 4.78 is 7.93. The number of unbranched alkanes of at least 4 members (excludes halogenated alkanes) is 2. The standard InChI is InChI=1S/C27H36N3O/c1-2-3-9-17-29(22-10-7-8-11-22)24-14-15-26-25(19-24)28-27(21-16-18-31-20-21)30(26)23-12-5-4-6-13-23/h14-16,18-20,23H,2-13,17H2,1H3. The topological polar surface area (TPSA) is 34.2 Å². The van der Waals surface area contributed by atoms with E-state index in [2.05, 4.69) is 34.6 Å². The summed E-state index contributed by atoms with van der Waals surface area (Å²) in [6.45, 7) is 3.42. The zero-order valence-corrected chi connectivity index (χ0v) is 19.0. The van der Waals surface area contributed by atoms with E-state index in [0.29, 0.717) is 6.04 Å². The molecule has 2 heterocycles. The van der Waals surface area contributed by atoms with Gasteiger partial charge >= 0.3 is 0 Å². The van der Waals surface area contributed by atoms with Crippen molar-refractivity contribution in [3.8, 4) is 11.4 Å². The van der Waals surface area contributed by atoms with Gasteiger partial charge in [-0.3, -0.25) is 0 Å². The fourth-order valence-electron chi connectivity index (χ4n) is 5.60. The van der Waals surface area contributed by atoms with Crippen molar-refractivity contribution >= 4 is 16.7 Å². The number of hydrogen-bond acceptors (Lipinski definition) is 3. The molecule has 0 aliphatic heterocycles. The van der Waals surface area contributed by atoms with Gasteiger partial charge in [-0.2, -0.15) is 0 Å². The summed E-state index contributed by atoms with van der Waals surface area (Å²) in [7, 11) is 0. The van der Waals surface area contributed by atoms with Crippen molar-refractivity contribution in [3.05, 3.63) is 42.8 Å². The Morgan fingerprint density at radius 2 is 1.87 bits per heavy atom. The van der Waals surface area contributed by atoms with Crippen molar-refractivity contribution < 1.29 is 4.42 Å². The van der Waals surface area contributed by atoms with E-state index in [9.17, 15) is 0 Å². The minimum atomic E-state index is 0.541. The predicted octanol–water partition coefficient (Wildman–Crippen LogP) is 7.90. The van der Waals surface area contributed by atoms with Gasteiger partial charge in [0.1, 0.15) is 12.1 Å². The van der Waals surface area contributed by atoms with Gasteiger partial charge in [0, 0.05) is 18.3 Å². The molecule has 3 aromatic rings. The third kappa shape index (κ3) is 4.26. The van der Waals surface area contributed by atoms with Crippen LogP contribution in [0.5, 0.6) is 0 Å². The Morgan fingerprint density at radius 3 is 2.61 bits per heavy atom. The van der Waals surface area contributed by atoms with Crippen LogP contribution in [0, 0.1) is 6.04 Å². The average molecular weight is 419 g/mol. The van der Waals surface area contributed by atoms with Crippen molar-refractivity contribution in [1.29, 1.82) is 0 Å². The molecule has 0 saturated heterocycles. The Hall–Kier alpha value is -2.23. The van der Waals surface area contributed by atoms with E-state index >= 15 is 0 Å². The first-order chi connectivity index (χ1) is 15.3. The molecule has 0 bridgehead atoms. The summed E-state index contributed by atoms with van der Waals surface area (Å²) in [6.07, 6.45) is 19.1. The van der Waals surface area contributed by atoms with Crippen LogP contribution < -0.4 is 4.90 Å². The Kier molecular flexibility index (Phi) is 6.33. The van der Waals surface area contributed by atoms with E-state index in [1.54, 1.807) is 12.3 Å². The number of furan rings is 1. The molecule has 2 aliphatic rings. The normalized spacial score (nSPS) is 18.2. The first-order valence-corrected chi connectivity index (χ1v) is 12.5. The van der Waals surface area contributed by atoms with Crippen LogP contribution in [0.3, 0.4) is 0 Å². The van der Waals surface area contributed by atoms with Crippen molar-refractivity contribution in [3.63, 3.8) is 0 Å². The maximum absolute atomic E-state index is 5.43. The van der Waals surface area contributed by atoms with Crippen LogP contribution in [0.1, 0.15) is 90.0 Å². The van der Waals surface area contributed by atoms with E-state index in [4.69, 9.17) is 9.40 Å². The van der Waals surface area contributed by atoms with E-state index in [1.165, 1.54) is 88.3 Å². The first kappa shape index (κ1) is 20.7. The third-order valence-electron chi connectivity index (χ3n) is 7.25. The Balaban J connectivity index is 1.54. The molecule has 0 N–H and O–H groups in total. The molecule has 0 atom stereocenters. The molecule has 4 heteroatoms. The lowest BCUT2D eigenvalue weighted by molar-refractivity contribution is 0.362. The van der Waals surface area contributed by atoms with Gasteiger partial charge in [-0.25, -0.2) is 4.98 Å². The lowest BCUT2D eigenvalue weighted by Crippen LogP contribution is -2.28. The molecule has 1 aromatic carbocycles. The lowest BCUT2D eigenvalue weighted by Gasteiger charge is -2.30. The minimum Gasteiger partial charge on any atom is -0.472 e. The number of rotatable bonds is 8. The number of nitrogens with zero attached hydrogens (tertiary/aromatic N) is 3. The Labute approximate surface area is 186 Å². The summed E-state index contributed by atoms with van der Waals surface area (Å²) in [6, 6.07) is 11.2. The van der Waals surface area contributed by atoms with Gasteiger partial charge in [-0.05, 0) is 56.4 Å². The molecule has 31 heavy (non-hydrogen) atoms. The molecular formula is C27H36N3O. The molecule has 2 aromatic heterocycles. The maximum atomic E-state index is 5.43. The van der Waals surface area contributed by atoms with Gasteiger partial charge in [0.2, 0.25) is 0 Å². The van der Waals surface area contributed by atoms with Crippen LogP contribution in [0.2, 0.25) is 0 Å². The molecular weight excluding hydrogens is 382 g/mol. The second-order valence-corrected chi connectivity index (χ2v) is 9.41. The summed E-state index contributed by atoms with van der Waals surface area (Å²) in [4.78, 5) is 7.77. The summed E-state index contributed by atoms with van der Waals surface area (Å²) >= 11 is 0. The minimum absolute atomic E-state index is 0.541. The van der Waals surface area contributed by atoms with Gasteiger partial charge in [0.15, 0.2) is 0 Å². The number of benzene rings is 1. The largest absolute Gasteiger partial charge is 0.472 e. The number of fused-ring (bicyclic) bond motifs is 1. The predicted molar refractivity (Wildman–Crippen MR) is 128 cm³/mol. The second kappa shape index (κ2) is 9.50. The molecule has 2 saturated carbocycles. The molecule has 0 spiro atoms. The van der Waals surface area contributed by atoms with Crippen molar-refractivity contribution in [2.24, 2.45) is 0 Å². The SMILES string of the molecule is CCCCCN([C]1CCCC1)c1ccc2c(c1)nc(-c1ccoc1)n2C1CCCCC1. The van der Waals surface area contributed by atoms with Crippen LogP contribution in [0.4, 0.5) is 5.69 Å². The molecule has 2 fully saturated rings. The number of imidazole rings is 1. The van der Waals surface area contributed by atoms with Crippen LogP contribution in [-0.4, -0.2) is 16.1 Å². The fraction of sp³-hybridized carbons (Fsp3) is 0.556. The van der Waals surface area contributed by atoms with E-state index in [-0.39, 0.29) is 0 Å². The van der Waals surface area contributed by atoms with Crippen LogP contribution in [0.25, 0.3) is 22.4 Å². The van der Waals surface area contributed by atoms with Gasteiger partial charge in [0.25, 0.3) is 0 Å². The van der Waals surface area contributed by atoms with E-state index < -0.39 is 0 Å². The molecule has 5 rings (SSSR count).